The Morgan fingerprint density at radius 3 is 2.65 bits per heavy atom. The molecule has 20 heavy (non-hydrogen) atoms. The lowest BCUT2D eigenvalue weighted by molar-refractivity contribution is 0.589. The second-order valence-electron chi connectivity index (χ2n) is 4.48. The number of hydrogen-bond donors (Lipinski definition) is 1. The molecule has 0 saturated carbocycles. The Labute approximate surface area is 122 Å². The molecule has 1 aliphatic heterocycles. The minimum Gasteiger partial charge on any atom is -0.268 e. The fourth-order valence-corrected chi connectivity index (χ4v) is 3.44. The Bertz CT molecular complexity index is 836. The van der Waals surface area contributed by atoms with Crippen LogP contribution in [0.2, 0.25) is 0 Å². The molecule has 0 aromatic heterocycles. The number of benzene rings is 2. The predicted molar refractivity (Wildman–Crippen MR) is 81.1 cm³/mol. The first kappa shape index (κ1) is 13.1. The summed E-state index contributed by atoms with van der Waals surface area (Å²) in [6.45, 7) is 0. The van der Waals surface area contributed by atoms with Crippen LogP contribution in [0.25, 0.3) is 10.8 Å². The molecular formula is C14H11ClN2O2S. The summed E-state index contributed by atoms with van der Waals surface area (Å²) < 4.78 is 28.7. The molecule has 1 N–H and O–H groups in total. The van der Waals surface area contributed by atoms with Crippen LogP contribution in [0.3, 0.4) is 0 Å². The van der Waals surface area contributed by atoms with Gasteiger partial charge in [0.15, 0.2) is 0 Å². The molecule has 0 fully saturated rings. The van der Waals surface area contributed by atoms with E-state index in [1.54, 1.807) is 0 Å². The van der Waals surface area contributed by atoms with Crippen LogP contribution in [0, 0.1) is 0 Å². The summed E-state index contributed by atoms with van der Waals surface area (Å²) in [5.41, 5.74) is 1.55. The fourth-order valence-electron chi connectivity index (χ4n) is 2.24. The van der Waals surface area contributed by atoms with Crippen LogP contribution in [0.1, 0.15) is 5.56 Å². The number of nitrogens with zero attached hydrogens (tertiary/aromatic N) is 1. The second kappa shape index (κ2) is 4.92. The Kier molecular flexibility index (Phi) is 3.23. The Hall–Kier alpha value is -1.85. The van der Waals surface area contributed by atoms with Gasteiger partial charge in [-0.2, -0.15) is 8.42 Å². The zero-order valence-corrected chi connectivity index (χ0v) is 11.9. The first-order valence-electron chi connectivity index (χ1n) is 5.99. The third-order valence-corrected chi connectivity index (χ3v) is 4.27. The van der Waals surface area contributed by atoms with Crippen molar-refractivity contribution in [2.24, 2.45) is 4.40 Å². The number of halogens is 1. The average molecular weight is 307 g/mol. The van der Waals surface area contributed by atoms with E-state index in [1.807, 2.05) is 42.5 Å². The minimum absolute atomic E-state index is 0.0287. The number of allylic oxidation sites excluding steroid dienone is 2. The standard InChI is InChI=1S/C14H11ClN2O2S/c15-14-9-12(16-20(18,19)17-14)8-11-6-3-5-10-4-1-2-7-13(10)11/h1-7,9,16H,8H2. The Morgan fingerprint density at radius 1 is 1.10 bits per heavy atom. The molecule has 0 bridgehead atoms. The lowest BCUT2D eigenvalue weighted by Crippen LogP contribution is -2.26. The molecule has 2 aromatic carbocycles. The van der Waals surface area contributed by atoms with Gasteiger partial charge in [0.1, 0.15) is 5.17 Å². The molecule has 0 unspecified atom stereocenters. The van der Waals surface area contributed by atoms with E-state index in [4.69, 9.17) is 11.6 Å². The number of nitrogens with one attached hydrogen (secondary N) is 1. The van der Waals surface area contributed by atoms with E-state index >= 15 is 0 Å². The SMILES string of the molecule is O=S1(=O)N=C(Cl)C=C(Cc2cccc3ccccc23)N1. The molecule has 1 heterocycles. The van der Waals surface area contributed by atoms with E-state index in [0.717, 1.165) is 16.3 Å². The van der Waals surface area contributed by atoms with Gasteiger partial charge in [-0.15, -0.1) is 4.40 Å². The zero-order valence-electron chi connectivity index (χ0n) is 10.4. The van der Waals surface area contributed by atoms with E-state index in [2.05, 4.69) is 9.12 Å². The van der Waals surface area contributed by atoms with E-state index in [9.17, 15) is 8.42 Å². The summed E-state index contributed by atoms with van der Waals surface area (Å²) in [5.74, 6) is 0. The van der Waals surface area contributed by atoms with E-state index in [1.165, 1.54) is 6.08 Å². The first-order chi connectivity index (χ1) is 9.53. The molecular weight excluding hydrogens is 296 g/mol. The summed E-state index contributed by atoms with van der Waals surface area (Å²) in [7, 11) is -3.72. The quantitative estimate of drug-likeness (QED) is 0.927. The van der Waals surface area contributed by atoms with Gasteiger partial charge in [-0.05, 0) is 22.4 Å². The van der Waals surface area contributed by atoms with Crippen LogP contribution in [-0.2, 0) is 16.6 Å². The van der Waals surface area contributed by atoms with Crippen LogP contribution >= 0.6 is 11.6 Å². The third kappa shape index (κ3) is 2.69. The van der Waals surface area contributed by atoms with Crippen LogP contribution in [0.4, 0.5) is 0 Å². The van der Waals surface area contributed by atoms with Crippen molar-refractivity contribution < 1.29 is 8.42 Å². The van der Waals surface area contributed by atoms with Crippen LogP contribution in [0.15, 0.2) is 58.6 Å². The molecule has 0 aliphatic carbocycles. The van der Waals surface area contributed by atoms with Gasteiger partial charge in [-0.25, -0.2) is 0 Å². The van der Waals surface area contributed by atoms with Gasteiger partial charge < -0.3 is 0 Å². The highest BCUT2D eigenvalue weighted by Gasteiger charge is 2.17. The highest BCUT2D eigenvalue weighted by Crippen LogP contribution is 2.21. The molecule has 6 heteroatoms. The van der Waals surface area contributed by atoms with Gasteiger partial charge in [0.05, 0.1) is 0 Å². The van der Waals surface area contributed by atoms with Crippen molar-refractivity contribution in [3.63, 3.8) is 0 Å². The molecule has 0 saturated heterocycles. The maximum Gasteiger partial charge on any atom is 0.343 e. The molecule has 0 spiro atoms. The van der Waals surface area contributed by atoms with Crippen molar-refractivity contribution in [3.8, 4) is 0 Å². The highest BCUT2D eigenvalue weighted by molar-refractivity contribution is 7.88. The summed E-state index contributed by atoms with van der Waals surface area (Å²) in [6.07, 6.45) is 1.98. The zero-order chi connectivity index (χ0) is 14.2. The van der Waals surface area contributed by atoms with Gasteiger partial charge in [-0.1, -0.05) is 54.1 Å². The molecule has 3 rings (SSSR count). The van der Waals surface area contributed by atoms with Crippen molar-refractivity contribution in [2.75, 3.05) is 0 Å². The van der Waals surface area contributed by atoms with E-state index in [-0.39, 0.29) is 5.17 Å². The molecule has 4 nitrogen and oxygen atoms in total. The number of hydrogen-bond acceptors (Lipinski definition) is 2. The van der Waals surface area contributed by atoms with E-state index in [0.29, 0.717) is 12.1 Å². The number of fused-ring (bicyclic) bond motifs is 1. The summed E-state index contributed by atoms with van der Waals surface area (Å²) in [6, 6.07) is 13.9. The summed E-state index contributed by atoms with van der Waals surface area (Å²) in [5, 5.41) is 2.18. The van der Waals surface area contributed by atoms with Crippen molar-refractivity contribution in [1.82, 2.24) is 4.72 Å². The number of rotatable bonds is 2. The van der Waals surface area contributed by atoms with Crippen LogP contribution in [-0.4, -0.2) is 13.6 Å². The van der Waals surface area contributed by atoms with Crippen molar-refractivity contribution in [3.05, 3.63) is 59.8 Å². The summed E-state index contributed by atoms with van der Waals surface area (Å²) >= 11 is 5.73. The third-order valence-electron chi connectivity index (χ3n) is 3.02. The maximum atomic E-state index is 11.5. The molecule has 0 amide bonds. The average Bonchev–Trinajstić information content (AvgIpc) is 2.37. The minimum atomic E-state index is -3.72. The van der Waals surface area contributed by atoms with Crippen molar-refractivity contribution in [1.29, 1.82) is 0 Å². The Morgan fingerprint density at radius 2 is 1.85 bits per heavy atom. The van der Waals surface area contributed by atoms with E-state index < -0.39 is 10.2 Å². The van der Waals surface area contributed by atoms with Crippen molar-refractivity contribution >= 4 is 37.8 Å². The van der Waals surface area contributed by atoms with Crippen molar-refractivity contribution in [2.45, 2.75) is 6.42 Å². The van der Waals surface area contributed by atoms with Crippen LogP contribution in [0.5, 0.6) is 0 Å². The Balaban J connectivity index is 2.01. The van der Waals surface area contributed by atoms with Crippen LogP contribution < -0.4 is 4.72 Å². The normalized spacial score (nSPS) is 17.2. The largest absolute Gasteiger partial charge is 0.343 e. The highest BCUT2D eigenvalue weighted by atomic mass is 35.5. The molecule has 0 atom stereocenters. The summed E-state index contributed by atoms with van der Waals surface area (Å²) in [4.78, 5) is 0. The van der Waals surface area contributed by atoms with Gasteiger partial charge in [0.2, 0.25) is 0 Å². The lowest BCUT2D eigenvalue weighted by Gasteiger charge is -2.14. The molecule has 1 aliphatic rings. The van der Waals surface area contributed by atoms with Gasteiger partial charge in [-0.3, -0.25) is 4.72 Å². The predicted octanol–water partition coefficient (Wildman–Crippen LogP) is 2.75. The first-order valence-corrected chi connectivity index (χ1v) is 7.81. The molecule has 102 valence electrons. The van der Waals surface area contributed by atoms with Gasteiger partial charge in [0, 0.05) is 12.1 Å². The smallest absolute Gasteiger partial charge is 0.268 e. The molecule has 2 aromatic rings. The topological polar surface area (TPSA) is 58.5 Å². The monoisotopic (exact) mass is 306 g/mol. The fraction of sp³-hybridized carbons (Fsp3) is 0.0714. The maximum absolute atomic E-state index is 11.5. The van der Waals surface area contributed by atoms with Gasteiger partial charge in [0.25, 0.3) is 0 Å². The lowest BCUT2D eigenvalue weighted by atomic mass is 10.0. The molecule has 0 radical (unpaired) electrons. The second-order valence-corrected chi connectivity index (χ2v) is 6.20. The van der Waals surface area contributed by atoms with Gasteiger partial charge >= 0.3 is 10.2 Å².